The molecular formula is C16H13ClNO3-. The maximum Gasteiger partial charge on any atom is 0.161 e. The van der Waals surface area contributed by atoms with E-state index in [1.165, 1.54) is 0 Å². The van der Waals surface area contributed by atoms with Crippen LogP contribution in [0.4, 0.5) is 0 Å². The average Bonchev–Trinajstić information content (AvgIpc) is 2.48. The molecule has 0 heterocycles. The highest BCUT2D eigenvalue weighted by Crippen LogP contribution is 2.26. The molecule has 5 heteroatoms. The van der Waals surface area contributed by atoms with Crippen LogP contribution in [0.3, 0.4) is 0 Å². The van der Waals surface area contributed by atoms with E-state index in [1.807, 2.05) is 6.07 Å². The molecule has 2 aromatic carbocycles. The van der Waals surface area contributed by atoms with Crippen LogP contribution in [0.2, 0.25) is 5.02 Å². The zero-order valence-corrected chi connectivity index (χ0v) is 11.9. The monoisotopic (exact) mass is 302 g/mol. The second kappa shape index (κ2) is 6.90. The number of hydrogen-bond donors (Lipinski definition) is 0. The van der Waals surface area contributed by atoms with Crippen molar-refractivity contribution < 1.29 is 9.72 Å². The van der Waals surface area contributed by atoms with Crippen molar-refractivity contribution in [3.05, 3.63) is 87.4 Å². The lowest BCUT2D eigenvalue weighted by Gasteiger charge is -2.20. The summed E-state index contributed by atoms with van der Waals surface area (Å²) in [5.74, 6) is -0.710. The first kappa shape index (κ1) is 15.1. The number of carbonyl (C=O) groups excluding carboxylic acids is 1. The van der Waals surface area contributed by atoms with Crippen LogP contribution in [0.1, 0.15) is 28.3 Å². The van der Waals surface area contributed by atoms with E-state index in [9.17, 15) is 14.9 Å². The van der Waals surface area contributed by atoms with Gasteiger partial charge in [0.2, 0.25) is 0 Å². The molecule has 108 valence electrons. The molecule has 1 atom stereocenters. The molecule has 0 aliphatic heterocycles. The van der Waals surface area contributed by atoms with Crippen LogP contribution >= 0.6 is 11.6 Å². The molecule has 0 spiro atoms. The Kier molecular flexibility index (Phi) is 4.95. The van der Waals surface area contributed by atoms with Crippen LogP contribution in [0.5, 0.6) is 0 Å². The van der Waals surface area contributed by atoms with Crippen molar-refractivity contribution in [1.29, 1.82) is 0 Å². The van der Waals surface area contributed by atoms with Gasteiger partial charge in [-0.25, -0.2) is 0 Å². The van der Waals surface area contributed by atoms with Gasteiger partial charge >= 0.3 is 0 Å². The van der Waals surface area contributed by atoms with Crippen molar-refractivity contribution in [2.75, 3.05) is 0 Å². The van der Waals surface area contributed by atoms with E-state index in [4.69, 9.17) is 11.6 Å². The van der Waals surface area contributed by atoms with Crippen molar-refractivity contribution in [3.8, 4) is 0 Å². The van der Waals surface area contributed by atoms with Gasteiger partial charge in [0.1, 0.15) is 0 Å². The summed E-state index contributed by atoms with van der Waals surface area (Å²) in [7, 11) is 0. The van der Waals surface area contributed by atoms with E-state index >= 15 is 0 Å². The van der Waals surface area contributed by atoms with Crippen LogP contribution in [-0.2, 0) is 0 Å². The second-order valence-corrected chi connectivity index (χ2v) is 5.02. The van der Waals surface area contributed by atoms with Crippen LogP contribution in [0.15, 0.2) is 54.6 Å². The summed E-state index contributed by atoms with van der Waals surface area (Å²) in [6.45, 7) is 0.948. The van der Waals surface area contributed by atoms with Crippen LogP contribution < -0.4 is 0 Å². The number of hydrogen-bond acceptors (Lipinski definition) is 3. The molecule has 0 bridgehead atoms. The van der Waals surface area contributed by atoms with Gasteiger partial charge in [-0.1, -0.05) is 72.1 Å². The molecule has 0 saturated carbocycles. The molecule has 0 aromatic heterocycles. The predicted molar refractivity (Wildman–Crippen MR) is 80.9 cm³/mol. The van der Waals surface area contributed by atoms with Gasteiger partial charge in [0, 0.05) is 10.6 Å². The minimum absolute atomic E-state index is 0.0482. The Hall–Kier alpha value is -2.33. The van der Waals surface area contributed by atoms with E-state index < -0.39 is 10.8 Å². The lowest BCUT2D eigenvalue weighted by molar-refractivity contribution is -0.440. The molecule has 0 radical (unpaired) electrons. The summed E-state index contributed by atoms with van der Waals surface area (Å²) in [6.07, 6.45) is 0.0482. The van der Waals surface area contributed by atoms with Crippen LogP contribution in [0, 0.1) is 16.7 Å². The number of rotatable bonds is 6. The van der Waals surface area contributed by atoms with Gasteiger partial charge in [0.05, 0.1) is 0 Å². The minimum Gasteiger partial charge on any atom is -0.295 e. The fourth-order valence-electron chi connectivity index (χ4n) is 2.06. The molecule has 0 aliphatic carbocycles. The highest BCUT2D eigenvalue weighted by atomic mass is 35.5. The summed E-state index contributed by atoms with van der Waals surface area (Å²) in [4.78, 5) is 22.5. The minimum atomic E-state index is -0.579. The van der Waals surface area contributed by atoms with Gasteiger partial charge in [0.15, 0.2) is 5.78 Å². The molecule has 0 fully saturated rings. The van der Waals surface area contributed by atoms with Gasteiger partial charge in [0.25, 0.3) is 0 Å². The first-order valence-corrected chi connectivity index (χ1v) is 6.76. The van der Waals surface area contributed by atoms with Crippen LogP contribution in [0.25, 0.3) is 0 Å². The van der Waals surface area contributed by atoms with Crippen molar-refractivity contribution in [2.24, 2.45) is 0 Å². The normalized spacial score (nSPS) is 11.7. The summed E-state index contributed by atoms with van der Waals surface area (Å²) in [5.41, 5.74) is 1.24. The van der Waals surface area contributed by atoms with Crippen molar-refractivity contribution in [2.45, 2.75) is 12.3 Å². The number of Topliss-reactive ketones (excluding diaryl/α,β-unsaturated/α-hetero) is 1. The number of halogens is 1. The van der Waals surface area contributed by atoms with Gasteiger partial charge in [-0.15, -0.1) is 4.92 Å². The van der Waals surface area contributed by atoms with E-state index in [0.29, 0.717) is 16.1 Å². The summed E-state index contributed by atoms with van der Waals surface area (Å²) in [5, 5.41) is 11.3. The molecule has 21 heavy (non-hydrogen) atoms. The smallest absolute Gasteiger partial charge is 0.161 e. The maximum atomic E-state index is 12.2. The molecule has 0 saturated heterocycles. The van der Waals surface area contributed by atoms with Gasteiger partial charge < -0.3 is 0 Å². The average molecular weight is 303 g/mol. The Morgan fingerprint density at radius 3 is 2.33 bits per heavy atom. The third-order valence-corrected chi connectivity index (χ3v) is 3.35. The molecule has 1 unspecified atom stereocenters. The zero-order valence-electron chi connectivity index (χ0n) is 11.1. The third-order valence-electron chi connectivity index (χ3n) is 3.10. The largest absolute Gasteiger partial charge is 0.295 e. The number of benzene rings is 2. The summed E-state index contributed by atoms with van der Waals surface area (Å²) < 4.78 is 0. The standard InChI is InChI=1S/C16H13ClNO3/c17-15-8-6-12(7-9-15)14(11-18(20)21)10-16(19)13-4-2-1-3-5-13/h1-9,11,14H,10H2/q-1. The van der Waals surface area contributed by atoms with Gasteiger partial charge in [-0.3, -0.25) is 14.9 Å². The van der Waals surface area contributed by atoms with Crippen molar-refractivity contribution in [1.82, 2.24) is 0 Å². The third kappa shape index (κ3) is 4.33. The molecule has 0 amide bonds. The van der Waals surface area contributed by atoms with Crippen LogP contribution in [-0.4, -0.2) is 10.7 Å². The highest BCUT2D eigenvalue weighted by Gasteiger charge is 2.15. The fraction of sp³-hybridized carbons (Fsp3) is 0.125. The lowest BCUT2D eigenvalue weighted by Crippen LogP contribution is -2.12. The Balaban J connectivity index is 2.18. The Bertz CT molecular complexity index is 626. The number of nitro groups is 1. The number of ketones is 1. The van der Waals surface area contributed by atoms with E-state index in [-0.39, 0.29) is 12.2 Å². The molecule has 0 N–H and O–H groups in total. The highest BCUT2D eigenvalue weighted by molar-refractivity contribution is 6.30. The second-order valence-electron chi connectivity index (χ2n) is 4.59. The van der Waals surface area contributed by atoms with Crippen molar-refractivity contribution in [3.63, 3.8) is 0 Å². The molecule has 2 aromatic rings. The van der Waals surface area contributed by atoms with E-state index in [1.54, 1.807) is 48.5 Å². The van der Waals surface area contributed by atoms with Gasteiger partial charge in [-0.2, -0.15) is 0 Å². The molecule has 0 aliphatic rings. The Morgan fingerprint density at radius 2 is 1.76 bits per heavy atom. The topological polar surface area (TPSA) is 60.2 Å². The quantitative estimate of drug-likeness (QED) is 0.349. The summed E-state index contributed by atoms with van der Waals surface area (Å²) in [6, 6.07) is 15.5. The Morgan fingerprint density at radius 1 is 1.14 bits per heavy atom. The van der Waals surface area contributed by atoms with E-state index in [0.717, 1.165) is 6.54 Å². The number of nitrogens with zero attached hydrogens (tertiary/aromatic N) is 1. The molecular weight excluding hydrogens is 290 g/mol. The number of carbonyl (C=O) groups is 1. The fourth-order valence-corrected chi connectivity index (χ4v) is 2.18. The molecule has 4 nitrogen and oxygen atoms in total. The van der Waals surface area contributed by atoms with Gasteiger partial charge in [-0.05, 0) is 18.6 Å². The van der Waals surface area contributed by atoms with Crippen molar-refractivity contribution >= 4 is 17.4 Å². The van der Waals surface area contributed by atoms with E-state index in [2.05, 4.69) is 0 Å². The zero-order chi connectivity index (χ0) is 15.2. The SMILES string of the molecule is O=C(CC([CH-][N+](=O)[O-])c1ccc(Cl)cc1)c1ccccc1. The molecule has 2 rings (SSSR count). The lowest BCUT2D eigenvalue weighted by atomic mass is 9.91. The first-order chi connectivity index (χ1) is 10.1. The predicted octanol–water partition coefficient (Wildman–Crippen LogP) is 4.14. The first-order valence-electron chi connectivity index (χ1n) is 6.38. The Labute approximate surface area is 127 Å². The maximum absolute atomic E-state index is 12.2. The summed E-state index contributed by atoms with van der Waals surface area (Å²) >= 11 is 5.81.